The van der Waals surface area contributed by atoms with Crippen molar-refractivity contribution in [3.05, 3.63) is 11.8 Å². The van der Waals surface area contributed by atoms with Gasteiger partial charge in [-0.3, -0.25) is 4.79 Å². The number of carbonyl (C=O) groups is 1. The van der Waals surface area contributed by atoms with Gasteiger partial charge >= 0.3 is 5.97 Å². The Labute approximate surface area is 63.0 Å². The van der Waals surface area contributed by atoms with Crippen LogP contribution < -0.4 is 0 Å². The fourth-order valence-electron chi connectivity index (χ4n) is 0.632. The molecule has 0 saturated heterocycles. The minimum absolute atomic E-state index is 0.161. The fraction of sp³-hybridized carbons (Fsp3) is 0.500. The first-order valence-corrected chi connectivity index (χ1v) is 3.25. The average molecular weight is 156 g/mol. The van der Waals surface area contributed by atoms with Gasteiger partial charge in [-0.25, -0.2) is 0 Å². The summed E-state index contributed by atoms with van der Waals surface area (Å²) in [5.74, 6) is -0.327. The third-order valence-electron chi connectivity index (χ3n) is 1.11. The third-order valence-corrected chi connectivity index (χ3v) is 1.11. The van der Waals surface area contributed by atoms with E-state index in [9.17, 15) is 4.79 Å². The molecule has 0 saturated carbocycles. The lowest BCUT2D eigenvalue weighted by atomic mass is 10.4. The van der Waals surface area contributed by atoms with Crippen molar-refractivity contribution in [1.29, 1.82) is 0 Å². The molecule has 0 aliphatic heterocycles. The van der Waals surface area contributed by atoms with Gasteiger partial charge in [0.25, 0.3) is 0 Å². The van der Waals surface area contributed by atoms with Crippen molar-refractivity contribution >= 4 is 5.97 Å². The molecule has 11 heavy (non-hydrogen) atoms. The lowest BCUT2D eigenvalue weighted by Gasteiger charge is -1.84. The highest BCUT2D eigenvalue weighted by Gasteiger charge is 2.07. The molecule has 1 heterocycles. The first-order chi connectivity index (χ1) is 5.22. The van der Waals surface area contributed by atoms with Crippen LogP contribution in [0.1, 0.15) is 18.7 Å². The summed E-state index contributed by atoms with van der Waals surface area (Å²) in [4.78, 5) is 10.1. The number of carboxylic acid groups (broad SMARTS) is 1. The molecule has 60 valence electrons. The number of nitrogens with zero attached hydrogens (tertiary/aromatic N) is 2. The molecule has 0 fully saturated rings. The lowest BCUT2D eigenvalue weighted by Crippen LogP contribution is -1.99. The first-order valence-electron chi connectivity index (χ1n) is 3.25. The van der Waals surface area contributed by atoms with E-state index < -0.39 is 5.97 Å². The van der Waals surface area contributed by atoms with E-state index in [-0.39, 0.29) is 12.3 Å². The number of rotatable bonds is 3. The van der Waals surface area contributed by atoms with Crippen molar-refractivity contribution in [2.24, 2.45) is 0 Å². The monoisotopic (exact) mass is 156 g/mol. The lowest BCUT2D eigenvalue weighted by molar-refractivity contribution is -0.136. The van der Waals surface area contributed by atoms with Crippen LogP contribution in [0.5, 0.6) is 0 Å². The van der Waals surface area contributed by atoms with Crippen molar-refractivity contribution < 1.29 is 14.3 Å². The van der Waals surface area contributed by atoms with Gasteiger partial charge in [0.15, 0.2) is 0 Å². The standard InChI is InChI=1S/C6H8N2O3/c1-2-4-7-8-5(11-4)3-6(9)10/h2-3H2,1H3,(H,9,10). The third kappa shape index (κ3) is 2.03. The van der Waals surface area contributed by atoms with Crippen LogP contribution in [0.3, 0.4) is 0 Å². The van der Waals surface area contributed by atoms with E-state index in [2.05, 4.69) is 10.2 Å². The molecule has 5 heteroatoms. The molecule has 0 amide bonds. The Kier molecular flexibility index (Phi) is 2.20. The van der Waals surface area contributed by atoms with Crippen molar-refractivity contribution in [2.75, 3.05) is 0 Å². The highest BCUT2D eigenvalue weighted by Crippen LogP contribution is 2.00. The summed E-state index contributed by atoms with van der Waals surface area (Å²) >= 11 is 0. The molecule has 0 aliphatic rings. The number of aryl methyl sites for hydroxylation is 1. The summed E-state index contributed by atoms with van der Waals surface area (Å²) in [7, 11) is 0. The predicted octanol–water partition coefficient (Wildman–Crippen LogP) is 0.259. The van der Waals surface area contributed by atoms with Gasteiger partial charge in [0.1, 0.15) is 6.42 Å². The molecular formula is C6H8N2O3. The largest absolute Gasteiger partial charge is 0.481 e. The zero-order chi connectivity index (χ0) is 8.27. The quantitative estimate of drug-likeness (QED) is 0.679. The summed E-state index contributed by atoms with van der Waals surface area (Å²) in [5, 5.41) is 15.5. The van der Waals surface area contributed by atoms with Gasteiger partial charge in [0.05, 0.1) is 0 Å². The van der Waals surface area contributed by atoms with Crippen LogP contribution in [-0.2, 0) is 17.6 Å². The Hall–Kier alpha value is -1.39. The summed E-state index contributed by atoms with van der Waals surface area (Å²) in [6.07, 6.45) is 0.430. The first kappa shape index (κ1) is 7.71. The second kappa shape index (κ2) is 3.14. The Morgan fingerprint density at radius 3 is 2.64 bits per heavy atom. The Balaban J connectivity index is 2.65. The maximum absolute atomic E-state index is 10.1. The number of aliphatic carboxylic acids is 1. The maximum atomic E-state index is 10.1. The van der Waals surface area contributed by atoms with E-state index in [1.54, 1.807) is 0 Å². The van der Waals surface area contributed by atoms with Crippen molar-refractivity contribution in [2.45, 2.75) is 19.8 Å². The van der Waals surface area contributed by atoms with E-state index in [4.69, 9.17) is 9.52 Å². The molecule has 1 aromatic heterocycles. The summed E-state index contributed by atoms with van der Waals surface area (Å²) in [6, 6.07) is 0. The summed E-state index contributed by atoms with van der Waals surface area (Å²) in [5.41, 5.74) is 0. The molecule has 0 unspecified atom stereocenters. The molecule has 0 spiro atoms. The molecule has 0 bridgehead atoms. The number of hydrogen-bond donors (Lipinski definition) is 1. The van der Waals surface area contributed by atoms with Gasteiger partial charge in [-0.05, 0) is 0 Å². The Morgan fingerprint density at radius 1 is 1.55 bits per heavy atom. The number of aromatic nitrogens is 2. The van der Waals surface area contributed by atoms with Crippen LogP contribution in [0.2, 0.25) is 0 Å². The molecule has 0 atom stereocenters. The van der Waals surface area contributed by atoms with Gasteiger partial charge in [0.2, 0.25) is 11.8 Å². The van der Waals surface area contributed by atoms with Crippen LogP contribution in [0.25, 0.3) is 0 Å². The minimum atomic E-state index is -0.962. The van der Waals surface area contributed by atoms with Crippen LogP contribution in [-0.4, -0.2) is 21.3 Å². The molecule has 1 rings (SSSR count). The molecule has 5 nitrogen and oxygen atoms in total. The van der Waals surface area contributed by atoms with E-state index in [1.165, 1.54) is 0 Å². The van der Waals surface area contributed by atoms with E-state index in [1.807, 2.05) is 6.92 Å². The van der Waals surface area contributed by atoms with Gasteiger partial charge in [-0.15, -0.1) is 10.2 Å². The predicted molar refractivity (Wildman–Crippen MR) is 35.0 cm³/mol. The van der Waals surface area contributed by atoms with E-state index in [0.717, 1.165) is 0 Å². The zero-order valence-corrected chi connectivity index (χ0v) is 6.07. The van der Waals surface area contributed by atoms with Crippen LogP contribution in [0, 0.1) is 0 Å². The van der Waals surface area contributed by atoms with Crippen molar-refractivity contribution in [3.63, 3.8) is 0 Å². The summed E-state index contributed by atoms with van der Waals surface area (Å²) in [6.45, 7) is 1.86. The molecule has 0 aliphatic carbocycles. The Bertz CT molecular complexity index is 256. The van der Waals surface area contributed by atoms with E-state index >= 15 is 0 Å². The molecular weight excluding hydrogens is 148 g/mol. The van der Waals surface area contributed by atoms with Crippen LogP contribution in [0.15, 0.2) is 4.42 Å². The van der Waals surface area contributed by atoms with Crippen molar-refractivity contribution in [3.8, 4) is 0 Å². The SMILES string of the molecule is CCc1nnc(CC(=O)O)o1. The smallest absolute Gasteiger partial charge is 0.312 e. The molecule has 1 N–H and O–H groups in total. The highest BCUT2D eigenvalue weighted by molar-refractivity contribution is 5.68. The van der Waals surface area contributed by atoms with Gasteiger partial charge < -0.3 is 9.52 Å². The number of hydrogen-bond acceptors (Lipinski definition) is 4. The van der Waals surface area contributed by atoms with Crippen LogP contribution in [0.4, 0.5) is 0 Å². The molecule has 1 aromatic rings. The second-order valence-corrected chi connectivity index (χ2v) is 2.01. The normalized spacial score (nSPS) is 9.91. The topological polar surface area (TPSA) is 76.2 Å². The molecule has 0 aromatic carbocycles. The fourth-order valence-corrected chi connectivity index (χ4v) is 0.632. The summed E-state index contributed by atoms with van der Waals surface area (Å²) < 4.78 is 4.94. The number of carboxylic acids is 1. The average Bonchev–Trinajstić information content (AvgIpc) is 2.34. The highest BCUT2D eigenvalue weighted by atomic mass is 16.4. The Morgan fingerprint density at radius 2 is 2.18 bits per heavy atom. The van der Waals surface area contributed by atoms with Gasteiger partial charge in [-0.1, -0.05) is 6.92 Å². The maximum Gasteiger partial charge on any atom is 0.312 e. The van der Waals surface area contributed by atoms with E-state index in [0.29, 0.717) is 12.3 Å². The molecule has 0 radical (unpaired) electrons. The van der Waals surface area contributed by atoms with Gasteiger partial charge in [-0.2, -0.15) is 0 Å². The zero-order valence-electron chi connectivity index (χ0n) is 6.07. The van der Waals surface area contributed by atoms with Crippen molar-refractivity contribution in [1.82, 2.24) is 10.2 Å². The van der Waals surface area contributed by atoms with Gasteiger partial charge in [0, 0.05) is 6.42 Å². The minimum Gasteiger partial charge on any atom is -0.481 e. The van der Waals surface area contributed by atoms with Crippen LogP contribution >= 0.6 is 0 Å². The second-order valence-electron chi connectivity index (χ2n) is 2.01.